The summed E-state index contributed by atoms with van der Waals surface area (Å²) in [6.45, 7) is 4.42. The number of nitrogens with zero attached hydrogens (tertiary/aromatic N) is 5. The van der Waals surface area contributed by atoms with Gasteiger partial charge in [-0.3, -0.25) is 4.98 Å². The number of hydrogen-bond donors (Lipinski definition) is 2. The molecule has 9 heteroatoms. The van der Waals surface area contributed by atoms with Gasteiger partial charge < -0.3 is 25.0 Å². The van der Waals surface area contributed by atoms with E-state index >= 15 is 0 Å². The van der Waals surface area contributed by atoms with Gasteiger partial charge in [0.15, 0.2) is 5.82 Å². The lowest BCUT2D eigenvalue weighted by molar-refractivity contribution is 0.380. The summed E-state index contributed by atoms with van der Waals surface area (Å²) in [4.78, 5) is 18.7. The number of aromatic hydroxyl groups is 1. The van der Waals surface area contributed by atoms with Gasteiger partial charge in [0.05, 0.1) is 12.6 Å². The van der Waals surface area contributed by atoms with Crippen molar-refractivity contribution in [3.63, 3.8) is 0 Å². The van der Waals surface area contributed by atoms with Crippen molar-refractivity contribution in [1.29, 1.82) is 0 Å². The highest BCUT2D eigenvalue weighted by molar-refractivity contribution is 6.36. The number of benzene rings is 2. The topological polar surface area (TPSA) is 86.6 Å². The Morgan fingerprint density at radius 2 is 1.82 bits per heavy atom. The van der Waals surface area contributed by atoms with Gasteiger partial charge in [-0.05, 0) is 81.0 Å². The summed E-state index contributed by atoms with van der Waals surface area (Å²) < 4.78 is 5.42. The molecular weight excluding hydrogens is 500 g/mol. The predicted octanol–water partition coefficient (Wildman–Crippen LogP) is 4.87. The second-order valence-corrected chi connectivity index (χ2v) is 10.9. The van der Waals surface area contributed by atoms with Crippen molar-refractivity contribution in [1.82, 2.24) is 25.2 Å². The second kappa shape index (κ2) is 10.5. The molecule has 0 amide bonds. The zero-order valence-electron chi connectivity index (χ0n) is 21.8. The van der Waals surface area contributed by atoms with E-state index in [2.05, 4.69) is 32.1 Å². The SMILES string of the molecule is CN1CCCC1.COc1nc(N2CC3CCC(C2)N3)c2ncc(-c3cc(O)cc4cccc(Cl)c34)cc2n1. The molecule has 3 fully saturated rings. The summed E-state index contributed by atoms with van der Waals surface area (Å²) in [5.41, 5.74) is 3.06. The number of aromatic nitrogens is 3. The summed E-state index contributed by atoms with van der Waals surface area (Å²) in [6, 6.07) is 12.3. The highest BCUT2D eigenvalue weighted by Gasteiger charge is 2.34. The van der Waals surface area contributed by atoms with Gasteiger partial charge in [-0.1, -0.05) is 23.7 Å². The quantitative estimate of drug-likeness (QED) is 0.386. The van der Waals surface area contributed by atoms with E-state index in [1.807, 2.05) is 24.3 Å². The van der Waals surface area contributed by atoms with Crippen molar-refractivity contribution in [2.75, 3.05) is 45.2 Å². The molecule has 3 aliphatic heterocycles. The zero-order valence-corrected chi connectivity index (χ0v) is 22.6. The highest BCUT2D eigenvalue weighted by atomic mass is 35.5. The minimum absolute atomic E-state index is 0.173. The number of nitrogens with one attached hydrogen (secondary N) is 1. The Bertz CT molecular complexity index is 1460. The first kappa shape index (κ1) is 25.1. The van der Waals surface area contributed by atoms with Crippen molar-refractivity contribution in [3.05, 3.63) is 47.6 Å². The number of phenolic OH excluding ortho intramolecular Hbond substituents is 1. The maximum atomic E-state index is 10.3. The molecule has 2 unspecified atom stereocenters. The van der Waals surface area contributed by atoms with E-state index in [1.54, 1.807) is 25.4 Å². The first-order valence-corrected chi connectivity index (χ1v) is 13.7. The third-order valence-corrected chi connectivity index (χ3v) is 8.06. The molecule has 2 aromatic heterocycles. The van der Waals surface area contributed by atoms with Crippen molar-refractivity contribution >= 4 is 39.2 Å². The number of anilines is 1. The lowest BCUT2D eigenvalue weighted by atomic mass is 9.98. The van der Waals surface area contributed by atoms with E-state index in [4.69, 9.17) is 21.3 Å². The number of halogens is 1. The fraction of sp³-hybridized carbons (Fsp3) is 0.414. The van der Waals surface area contributed by atoms with Gasteiger partial charge >= 0.3 is 6.01 Å². The van der Waals surface area contributed by atoms with E-state index in [9.17, 15) is 5.11 Å². The summed E-state index contributed by atoms with van der Waals surface area (Å²) in [7, 11) is 3.75. The van der Waals surface area contributed by atoms with Gasteiger partial charge in [-0.15, -0.1) is 0 Å². The third-order valence-electron chi connectivity index (χ3n) is 7.75. The van der Waals surface area contributed by atoms with Gasteiger partial charge in [0, 0.05) is 47.3 Å². The van der Waals surface area contributed by atoms with Crippen molar-refractivity contribution in [2.24, 2.45) is 0 Å². The molecule has 5 heterocycles. The summed E-state index contributed by atoms with van der Waals surface area (Å²) in [5.74, 6) is 0.975. The van der Waals surface area contributed by atoms with Crippen LogP contribution in [0.4, 0.5) is 5.82 Å². The lowest BCUT2D eigenvalue weighted by Crippen LogP contribution is -2.51. The van der Waals surface area contributed by atoms with Crippen LogP contribution in [0.25, 0.3) is 32.9 Å². The van der Waals surface area contributed by atoms with Crippen molar-refractivity contribution < 1.29 is 9.84 Å². The molecule has 2 aromatic carbocycles. The normalized spacial score (nSPS) is 21.1. The van der Waals surface area contributed by atoms with Crippen LogP contribution in [0, 0.1) is 0 Å². The van der Waals surface area contributed by atoms with E-state index < -0.39 is 0 Å². The van der Waals surface area contributed by atoms with E-state index in [1.165, 1.54) is 38.8 Å². The van der Waals surface area contributed by atoms with Crippen LogP contribution in [0.1, 0.15) is 25.7 Å². The first-order chi connectivity index (χ1) is 18.5. The van der Waals surface area contributed by atoms with Gasteiger partial charge in [-0.25, -0.2) is 0 Å². The molecule has 8 nitrogen and oxygen atoms in total. The van der Waals surface area contributed by atoms with Crippen molar-refractivity contribution in [2.45, 2.75) is 37.8 Å². The molecule has 0 radical (unpaired) electrons. The molecule has 3 saturated heterocycles. The molecule has 2 bridgehead atoms. The number of phenols is 1. The Morgan fingerprint density at radius 3 is 2.50 bits per heavy atom. The number of rotatable bonds is 3. The second-order valence-electron chi connectivity index (χ2n) is 10.5. The van der Waals surface area contributed by atoms with E-state index in [-0.39, 0.29) is 5.75 Å². The van der Waals surface area contributed by atoms with Crippen LogP contribution in [0.5, 0.6) is 11.8 Å². The molecule has 38 heavy (non-hydrogen) atoms. The maximum Gasteiger partial charge on any atom is 0.318 e. The van der Waals surface area contributed by atoms with Crippen LogP contribution in [-0.4, -0.2) is 77.4 Å². The number of likely N-dealkylation sites (tertiary alicyclic amines) is 1. The molecule has 0 aliphatic carbocycles. The predicted molar refractivity (Wildman–Crippen MR) is 152 cm³/mol. The van der Waals surface area contributed by atoms with Crippen LogP contribution < -0.4 is 15.0 Å². The molecule has 0 spiro atoms. The summed E-state index contributed by atoms with van der Waals surface area (Å²) >= 11 is 6.53. The number of pyridine rings is 1. The first-order valence-electron chi connectivity index (χ1n) is 13.3. The number of methoxy groups -OCH3 is 1. The van der Waals surface area contributed by atoms with Gasteiger partial charge in [0.25, 0.3) is 0 Å². The largest absolute Gasteiger partial charge is 0.508 e. The van der Waals surface area contributed by atoms with Crippen molar-refractivity contribution in [3.8, 4) is 22.9 Å². The molecule has 198 valence electrons. The fourth-order valence-electron chi connectivity index (χ4n) is 5.88. The van der Waals surface area contributed by atoms with Crippen LogP contribution in [0.15, 0.2) is 42.6 Å². The fourth-order valence-corrected chi connectivity index (χ4v) is 6.16. The van der Waals surface area contributed by atoms with Crippen LogP contribution in [-0.2, 0) is 0 Å². The molecule has 0 saturated carbocycles. The van der Waals surface area contributed by atoms with Crippen LogP contribution in [0.2, 0.25) is 5.02 Å². The average Bonchev–Trinajstić information content (AvgIpc) is 3.54. The smallest absolute Gasteiger partial charge is 0.318 e. The Kier molecular flexibility index (Phi) is 6.95. The van der Waals surface area contributed by atoms with Gasteiger partial charge in [0.2, 0.25) is 0 Å². The summed E-state index contributed by atoms with van der Waals surface area (Å²) in [5, 5.41) is 16.3. The van der Waals surface area contributed by atoms with Gasteiger partial charge in [0.1, 0.15) is 11.3 Å². The number of hydrogen-bond acceptors (Lipinski definition) is 8. The average molecular weight is 533 g/mol. The monoisotopic (exact) mass is 532 g/mol. The molecule has 4 aromatic rings. The zero-order chi connectivity index (χ0) is 26.2. The molecule has 3 aliphatic rings. The Morgan fingerprint density at radius 1 is 1.05 bits per heavy atom. The molecule has 2 N–H and O–H groups in total. The Hall–Kier alpha value is -3.20. The standard InChI is InChI=1S/C24H22ClN5O2.C5H11N/c1-32-24-28-20-8-14(18-9-17(31)7-13-3-2-4-19(25)21(13)18)10-26-22(20)23(29-24)30-11-15-5-6-16(12-30)27-15;1-6-4-2-3-5-6/h2-4,7-10,15-16,27,31H,5-6,11-12H2,1H3;2-5H2,1H3. The minimum Gasteiger partial charge on any atom is -0.508 e. The molecule has 7 rings (SSSR count). The third kappa shape index (κ3) is 4.96. The van der Waals surface area contributed by atoms with Gasteiger partial charge in [-0.2, -0.15) is 9.97 Å². The highest BCUT2D eigenvalue weighted by Crippen LogP contribution is 2.38. The number of fused-ring (bicyclic) bond motifs is 4. The molecular formula is C29H33ClN6O2. The number of ether oxygens (including phenoxy) is 1. The van der Waals surface area contributed by atoms with Crippen LogP contribution in [0.3, 0.4) is 0 Å². The number of piperazine rings is 1. The Labute approximate surface area is 227 Å². The van der Waals surface area contributed by atoms with E-state index in [0.717, 1.165) is 46.3 Å². The maximum absolute atomic E-state index is 10.3. The van der Waals surface area contributed by atoms with E-state index in [0.29, 0.717) is 28.6 Å². The van der Waals surface area contributed by atoms with Crippen LogP contribution >= 0.6 is 11.6 Å². The summed E-state index contributed by atoms with van der Waals surface area (Å²) in [6.07, 6.45) is 7.00. The Balaban J connectivity index is 0.000000390. The molecule has 2 atom stereocenters. The lowest BCUT2D eigenvalue weighted by Gasteiger charge is -2.34. The minimum atomic E-state index is 0.173.